The van der Waals surface area contributed by atoms with Crippen LogP contribution in [0.15, 0.2) is 24.3 Å². The molecule has 2 rings (SSSR count). The summed E-state index contributed by atoms with van der Waals surface area (Å²) < 4.78 is 5.05. The predicted octanol–water partition coefficient (Wildman–Crippen LogP) is 3.28. The van der Waals surface area contributed by atoms with Crippen molar-refractivity contribution in [3.8, 4) is 5.75 Å². The molecule has 97 valence electrons. The summed E-state index contributed by atoms with van der Waals surface area (Å²) in [4.78, 5) is 21.7. The van der Waals surface area contributed by atoms with Gasteiger partial charge in [-0.25, -0.2) is 4.79 Å². The Balaban J connectivity index is 1.86. The zero-order chi connectivity index (χ0) is 12.8. The van der Waals surface area contributed by atoms with Crippen molar-refractivity contribution in [1.29, 1.82) is 0 Å². The van der Waals surface area contributed by atoms with Gasteiger partial charge in [0.1, 0.15) is 11.9 Å². The van der Waals surface area contributed by atoms with Crippen molar-refractivity contribution in [2.75, 3.05) is 7.11 Å². The third kappa shape index (κ3) is 3.47. The van der Waals surface area contributed by atoms with E-state index in [0.717, 1.165) is 31.8 Å². The molecular formula is C14H17O4. The fourth-order valence-electron chi connectivity index (χ4n) is 1.92. The number of carbonyl (C=O) groups excluding carboxylic acids is 1. The third-order valence-electron chi connectivity index (χ3n) is 2.95. The Morgan fingerprint density at radius 3 is 2.67 bits per heavy atom. The molecule has 4 heteroatoms. The van der Waals surface area contributed by atoms with E-state index in [9.17, 15) is 4.79 Å². The number of carbonyl (C=O) groups is 1. The van der Waals surface area contributed by atoms with Gasteiger partial charge in [0.05, 0.1) is 12.7 Å². The van der Waals surface area contributed by atoms with Crippen LogP contribution < -0.4 is 4.74 Å². The molecular weight excluding hydrogens is 232 g/mol. The minimum absolute atomic E-state index is 0.422. The lowest BCUT2D eigenvalue weighted by molar-refractivity contribution is -0.239. The van der Waals surface area contributed by atoms with Crippen molar-refractivity contribution in [2.24, 2.45) is 0 Å². The standard InChI is InChI=1S/C14H17O4/c1-16-13-9-5-6-11(10-13)14(15)18-17-12-7-3-2-4-8-12/h5-6,9-10H,2-4,7-8H2,1H3. The van der Waals surface area contributed by atoms with E-state index in [0.29, 0.717) is 11.3 Å². The molecule has 0 aromatic heterocycles. The molecule has 0 N–H and O–H groups in total. The van der Waals surface area contributed by atoms with Crippen molar-refractivity contribution in [1.82, 2.24) is 0 Å². The number of ether oxygens (including phenoxy) is 1. The number of hydrogen-bond donors (Lipinski definition) is 0. The van der Waals surface area contributed by atoms with Crippen LogP contribution in [0.4, 0.5) is 0 Å². The second-order valence-corrected chi connectivity index (χ2v) is 4.29. The molecule has 1 aliphatic rings. The van der Waals surface area contributed by atoms with Crippen LogP contribution in [0.1, 0.15) is 42.5 Å². The lowest BCUT2D eigenvalue weighted by atomic mass is 9.98. The number of methoxy groups -OCH3 is 1. The van der Waals surface area contributed by atoms with Crippen LogP contribution in [0.3, 0.4) is 0 Å². The maximum atomic E-state index is 11.7. The summed E-state index contributed by atoms with van der Waals surface area (Å²) in [5, 5.41) is 0. The van der Waals surface area contributed by atoms with Gasteiger partial charge in [-0.1, -0.05) is 25.3 Å². The lowest BCUT2D eigenvalue weighted by Gasteiger charge is -2.18. The van der Waals surface area contributed by atoms with Crippen molar-refractivity contribution < 1.29 is 19.3 Å². The molecule has 0 spiro atoms. The minimum Gasteiger partial charge on any atom is -0.497 e. The second kappa shape index (κ2) is 6.40. The first-order valence-electron chi connectivity index (χ1n) is 6.17. The molecule has 4 nitrogen and oxygen atoms in total. The van der Waals surface area contributed by atoms with Gasteiger partial charge in [0.15, 0.2) is 0 Å². The van der Waals surface area contributed by atoms with E-state index < -0.39 is 5.97 Å². The molecule has 0 bridgehead atoms. The topological polar surface area (TPSA) is 44.8 Å². The molecule has 1 radical (unpaired) electrons. The Labute approximate surface area is 107 Å². The van der Waals surface area contributed by atoms with Gasteiger partial charge in [0.2, 0.25) is 0 Å². The van der Waals surface area contributed by atoms with Crippen molar-refractivity contribution in [3.05, 3.63) is 35.9 Å². The fraction of sp³-hybridized carbons (Fsp3) is 0.429. The van der Waals surface area contributed by atoms with E-state index in [2.05, 4.69) is 0 Å². The Hall–Kier alpha value is -1.55. The highest BCUT2D eigenvalue weighted by Crippen LogP contribution is 2.27. The van der Waals surface area contributed by atoms with E-state index in [4.69, 9.17) is 14.5 Å². The highest BCUT2D eigenvalue weighted by Gasteiger charge is 2.19. The zero-order valence-corrected chi connectivity index (χ0v) is 10.5. The van der Waals surface area contributed by atoms with Crippen molar-refractivity contribution in [2.45, 2.75) is 32.1 Å². The van der Waals surface area contributed by atoms with Crippen molar-refractivity contribution in [3.63, 3.8) is 0 Å². The van der Waals surface area contributed by atoms with E-state index >= 15 is 0 Å². The average Bonchev–Trinajstić information content (AvgIpc) is 2.46. The van der Waals surface area contributed by atoms with E-state index in [1.807, 2.05) is 0 Å². The molecule has 0 aliphatic heterocycles. The van der Waals surface area contributed by atoms with Gasteiger partial charge in [-0.05, 0) is 31.0 Å². The first-order chi connectivity index (χ1) is 8.79. The number of rotatable bonds is 4. The molecule has 1 aliphatic carbocycles. The Kier molecular flexibility index (Phi) is 4.59. The summed E-state index contributed by atoms with van der Waals surface area (Å²) in [5.41, 5.74) is 0.422. The quantitative estimate of drug-likeness (QED) is 0.606. The van der Waals surface area contributed by atoms with Crippen LogP contribution in [0.2, 0.25) is 0 Å². The second-order valence-electron chi connectivity index (χ2n) is 4.29. The molecule has 0 atom stereocenters. The van der Waals surface area contributed by atoms with E-state index in [1.54, 1.807) is 31.4 Å². The van der Waals surface area contributed by atoms with Gasteiger partial charge in [-0.3, -0.25) is 4.89 Å². The minimum atomic E-state index is -0.494. The van der Waals surface area contributed by atoms with Gasteiger partial charge in [0, 0.05) is 0 Å². The lowest BCUT2D eigenvalue weighted by Crippen LogP contribution is -2.13. The third-order valence-corrected chi connectivity index (χ3v) is 2.95. The monoisotopic (exact) mass is 249 g/mol. The molecule has 1 fully saturated rings. The maximum Gasteiger partial charge on any atom is 0.373 e. The van der Waals surface area contributed by atoms with Gasteiger partial charge in [0.25, 0.3) is 0 Å². The average molecular weight is 249 g/mol. The summed E-state index contributed by atoms with van der Waals surface area (Å²) in [6, 6.07) is 6.80. The molecule has 0 heterocycles. The van der Waals surface area contributed by atoms with E-state index in [1.165, 1.54) is 6.42 Å². The van der Waals surface area contributed by atoms with Gasteiger partial charge >= 0.3 is 5.97 Å². The first kappa shape index (κ1) is 12.9. The summed E-state index contributed by atoms with van der Waals surface area (Å²) in [5.74, 6) is 0.127. The summed E-state index contributed by atoms with van der Waals surface area (Å²) in [6.45, 7) is 0. The molecule has 1 saturated carbocycles. The smallest absolute Gasteiger partial charge is 0.373 e. The maximum absolute atomic E-state index is 11.7. The molecule has 1 aromatic carbocycles. The molecule has 1 aromatic rings. The van der Waals surface area contributed by atoms with Crippen LogP contribution in [-0.2, 0) is 9.78 Å². The highest BCUT2D eigenvalue weighted by molar-refractivity contribution is 5.89. The van der Waals surface area contributed by atoms with Gasteiger partial charge < -0.3 is 4.74 Å². The first-order valence-corrected chi connectivity index (χ1v) is 6.17. The summed E-state index contributed by atoms with van der Waals surface area (Å²) >= 11 is 0. The predicted molar refractivity (Wildman–Crippen MR) is 65.8 cm³/mol. The van der Waals surface area contributed by atoms with Crippen LogP contribution in [0, 0.1) is 6.10 Å². The van der Waals surface area contributed by atoms with Crippen LogP contribution in [0.25, 0.3) is 0 Å². The van der Waals surface area contributed by atoms with Crippen LogP contribution >= 0.6 is 0 Å². The van der Waals surface area contributed by atoms with Crippen LogP contribution in [0.5, 0.6) is 5.75 Å². The van der Waals surface area contributed by atoms with Gasteiger partial charge in [-0.15, -0.1) is 0 Å². The van der Waals surface area contributed by atoms with Crippen LogP contribution in [-0.4, -0.2) is 13.1 Å². The summed E-state index contributed by atoms with van der Waals surface area (Å²) in [6.07, 6.45) is 6.04. The molecule has 18 heavy (non-hydrogen) atoms. The largest absolute Gasteiger partial charge is 0.497 e. The molecule has 0 saturated heterocycles. The number of hydrogen-bond acceptors (Lipinski definition) is 4. The Morgan fingerprint density at radius 1 is 1.17 bits per heavy atom. The molecule has 0 unspecified atom stereocenters. The Bertz CT molecular complexity index is 397. The molecule has 0 amide bonds. The normalized spacial score (nSPS) is 16.3. The summed E-state index contributed by atoms with van der Waals surface area (Å²) in [7, 11) is 1.55. The SMILES string of the molecule is COc1cccc(C(=O)OO[C]2CCCCC2)c1. The van der Waals surface area contributed by atoms with Gasteiger partial charge in [-0.2, -0.15) is 4.89 Å². The Morgan fingerprint density at radius 2 is 1.94 bits per heavy atom. The number of benzene rings is 1. The fourth-order valence-corrected chi connectivity index (χ4v) is 1.92. The van der Waals surface area contributed by atoms with E-state index in [-0.39, 0.29) is 0 Å². The zero-order valence-electron chi connectivity index (χ0n) is 10.5. The van der Waals surface area contributed by atoms with Crippen molar-refractivity contribution >= 4 is 5.97 Å². The highest BCUT2D eigenvalue weighted by atomic mass is 17.2.